The molecule has 2 aliphatic carbocycles. The second-order valence-corrected chi connectivity index (χ2v) is 4.23. The fourth-order valence-electron chi connectivity index (χ4n) is 2.20. The number of hydrogen-bond acceptors (Lipinski definition) is 1. The summed E-state index contributed by atoms with van der Waals surface area (Å²) >= 11 is 0. The average Bonchev–Trinajstić information content (AvgIpc) is 2.36. The van der Waals surface area contributed by atoms with Gasteiger partial charge < -0.3 is 0 Å². The topological polar surface area (TPSA) is 17.1 Å². The van der Waals surface area contributed by atoms with Crippen molar-refractivity contribution in [2.24, 2.45) is 5.92 Å². The van der Waals surface area contributed by atoms with Gasteiger partial charge in [-0.15, -0.1) is 0 Å². The Bertz CT molecular complexity index is 672. The molecule has 3 rings (SSSR count). The summed E-state index contributed by atoms with van der Waals surface area (Å²) in [5, 5.41) is 2.09. The SMILES string of the molecule is O=C1/C=c2/cccc/c2=C/C=C2/C=CC=CC12. The Balaban J connectivity index is 2.28. The Morgan fingerprint density at radius 2 is 1.76 bits per heavy atom. The molecule has 0 N–H and O–H groups in total. The number of benzene rings is 1. The van der Waals surface area contributed by atoms with Crippen LogP contribution in [0.15, 0.2) is 60.2 Å². The molecule has 0 saturated carbocycles. The summed E-state index contributed by atoms with van der Waals surface area (Å²) in [4.78, 5) is 12.2. The largest absolute Gasteiger partial charge is 0.294 e. The van der Waals surface area contributed by atoms with Crippen LogP contribution in [0.5, 0.6) is 0 Å². The Morgan fingerprint density at radius 1 is 0.941 bits per heavy atom. The van der Waals surface area contributed by atoms with Crippen LogP contribution >= 0.6 is 0 Å². The minimum Gasteiger partial charge on any atom is -0.294 e. The smallest absolute Gasteiger partial charge is 0.167 e. The molecule has 17 heavy (non-hydrogen) atoms. The van der Waals surface area contributed by atoms with Gasteiger partial charge in [0.1, 0.15) is 0 Å². The van der Waals surface area contributed by atoms with Gasteiger partial charge in [0.15, 0.2) is 5.78 Å². The molecule has 0 heterocycles. The van der Waals surface area contributed by atoms with E-state index in [1.54, 1.807) is 6.08 Å². The molecule has 1 aromatic carbocycles. The fourth-order valence-corrected chi connectivity index (χ4v) is 2.20. The van der Waals surface area contributed by atoms with Crippen molar-refractivity contribution in [3.8, 4) is 0 Å². The maximum absolute atomic E-state index is 12.2. The van der Waals surface area contributed by atoms with E-state index in [1.807, 2.05) is 54.6 Å². The first-order chi connectivity index (χ1) is 8.34. The summed E-state index contributed by atoms with van der Waals surface area (Å²) in [6.07, 6.45) is 13.7. The van der Waals surface area contributed by atoms with Crippen LogP contribution in [0.1, 0.15) is 0 Å². The van der Waals surface area contributed by atoms with Crippen molar-refractivity contribution in [1.29, 1.82) is 0 Å². The lowest BCUT2D eigenvalue weighted by molar-refractivity contribution is -0.114. The number of hydrogen-bond donors (Lipinski definition) is 0. The highest BCUT2D eigenvalue weighted by molar-refractivity contribution is 6.10. The second-order valence-electron chi connectivity index (χ2n) is 4.23. The zero-order valence-corrected chi connectivity index (χ0v) is 9.34. The van der Waals surface area contributed by atoms with Crippen LogP contribution in [0.4, 0.5) is 0 Å². The molecule has 0 amide bonds. The second kappa shape index (κ2) is 4.02. The number of fused-ring (bicyclic) bond motifs is 2. The molecule has 1 nitrogen and oxygen atoms in total. The number of rotatable bonds is 0. The van der Waals surface area contributed by atoms with Crippen molar-refractivity contribution >= 4 is 17.9 Å². The van der Waals surface area contributed by atoms with Gasteiger partial charge in [-0.2, -0.15) is 0 Å². The normalized spacial score (nSPS) is 28.4. The van der Waals surface area contributed by atoms with E-state index in [-0.39, 0.29) is 11.7 Å². The summed E-state index contributed by atoms with van der Waals surface area (Å²) in [6.45, 7) is 0. The van der Waals surface area contributed by atoms with Gasteiger partial charge in [-0.3, -0.25) is 4.79 Å². The molecule has 0 aromatic heterocycles. The van der Waals surface area contributed by atoms with E-state index in [0.29, 0.717) is 0 Å². The number of allylic oxidation sites excluding steroid dienone is 6. The van der Waals surface area contributed by atoms with Crippen LogP contribution in [-0.4, -0.2) is 5.78 Å². The first kappa shape index (κ1) is 10.0. The Morgan fingerprint density at radius 3 is 2.65 bits per heavy atom. The minimum absolute atomic E-state index is 0.121. The molecule has 1 unspecified atom stereocenters. The summed E-state index contributed by atoms with van der Waals surface area (Å²) in [5.74, 6) is 0.0296. The third kappa shape index (κ3) is 1.80. The van der Waals surface area contributed by atoms with E-state index in [0.717, 1.165) is 16.0 Å². The van der Waals surface area contributed by atoms with Crippen molar-refractivity contribution in [3.05, 3.63) is 70.7 Å². The van der Waals surface area contributed by atoms with Gasteiger partial charge in [-0.1, -0.05) is 60.7 Å². The van der Waals surface area contributed by atoms with Crippen LogP contribution in [0.25, 0.3) is 12.2 Å². The van der Waals surface area contributed by atoms with Crippen molar-refractivity contribution < 1.29 is 4.79 Å². The summed E-state index contributed by atoms with van der Waals surface area (Å²) in [5.41, 5.74) is 1.06. The van der Waals surface area contributed by atoms with Crippen LogP contribution in [-0.2, 0) is 4.79 Å². The lowest BCUT2D eigenvalue weighted by atomic mass is 9.88. The molecule has 0 radical (unpaired) electrons. The summed E-state index contributed by atoms with van der Waals surface area (Å²) in [6, 6.07) is 7.95. The van der Waals surface area contributed by atoms with Crippen molar-refractivity contribution in [2.45, 2.75) is 0 Å². The molecular weight excluding hydrogens is 208 g/mol. The monoisotopic (exact) mass is 220 g/mol. The molecule has 1 atom stereocenters. The van der Waals surface area contributed by atoms with E-state index >= 15 is 0 Å². The number of ketones is 1. The Kier molecular flexibility index (Phi) is 2.37. The molecular formula is C16H12O. The maximum Gasteiger partial charge on any atom is 0.167 e. The third-order valence-electron chi connectivity index (χ3n) is 3.12. The summed E-state index contributed by atoms with van der Waals surface area (Å²) < 4.78 is 0. The molecule has 0 spiro atoms. The average molecular weight is 220 g/mol. The highest BCUT2D eigenvalue weighted by Crippen LogP contribution is 2.20. The zero-order chi connectivity index (χ0) is 11.7. The number of Topliss-reactive ketones (excluding diaryl/α,β-unsaturated/α-hetero) is 1. The van der Waals surface area contributed by atoms with Gasteiger partial charge in [0.25, 0.3) is 0 Å². The fraction of sp³-hybridized carbons (Fsp3) is 0.0625. The van der Waals surface area contributed by atoms with Crippen LogP contribution in [0, 0.1) is 5.92 Å². The van der Waals surface area contributed by atoms with Crippen molar-refractivity contribution in [1.82, 2.24) is 0 Å². The highest BCUT2D eigenvalue weighted by Gasteiger charge is 2.18. The van der Waals surface area contributed by atoms with Crippen LogP contribution in [0.3, 0.4) is 0 Å². The molecule has 0 fully saturated rings. The predicted molar refractivity (Wildman–Crippen MR) is 69.5 cm³/mol. The van der Waals surface area contributed by atoms with Gasteiger partial charge in [-0.05, 0) is 22.1 Å². The van der Waals surface area contributed by atoms with E-state index in [2.05, 4.69) is 6.08 Å². The van der Waals surface area contributed by atoms with Crippen molar-refractivity contribution in [2.75, 3.05) is 0 Å². The molecule has 0 saturated heterocycles. The van der Waals surface area contributed by atoms with Gasteiger partial charge in [0.2, 0.25) is 0 Å². The van der Waals surface area contributed by atoms with Gasteiger partial charge in [0.05, 0.1) is 5.92 Å². The van der Waals surface area contributed by atoms with Gasteiger partial charge in [-0.25, -0.2) is 0 Å². The Labute approximate surface area is 99.8 Å². The first-order valence-corrected chi connectivity index (χ1v) is 5.72. The highest BCUT2D eigenvalue weighted by atomic mass is 16.1. The van der Waals surface area contributed by atoms with Gasteiger partial charge in [0, 0.05) is 0 Å². The lowest BCUT2D eigenvalue weighted by Crippen LogP contribution is -2.28. The third-order valence-corrected chi connectivity index (χ3v) is 3.12. The standard InChI is InChI=1S/C16H12O/c17-16-11-14-7-2-1-5-12(14)9-10-13-6-3-4-8-15(13)16/h1-11,15H/b12-9-,13-10-,14-11-. The van der Waals surface area contributed by atoms with Crippen LogP contribution < -0.4 is 10.4 Å². The summed E-state index contributed by atoms with van der Waals surface area (Å²) in [7, 11) is 0. The molecule has 2 aliphatic rings. The molecule has 1 aromatic rings. The van der Waals surface area contributed by atoms with Crippen LogP contribution in [0.2, 0.25) is 0 Å². The predicted octanol–water partition coefficient (Wildman–Crippen LogP) is 1.50. The van der Waals surface area contributed by atoms with E-state index < -0.39 is 0 Å². The van der Waals surface area contributed by atoms with E-state index in [9.17, 15) is 4.79 Å². The van der Waals surface area contributed by atoms with Crippen molar-refractivity contribution in [3.63, 3.8) is 0 Å². The van der Waals surface area contributed by atoms with E-state index in [4.69, 9.17) is 0 Å². The molecule has 82 valence electrons. The molecule has 0 aliphatic heterocycles. The maximum atomic E-state index is 12.2. The Hall–Kier alpha value is -2.15. The molecule has 1 heteroatoms. The number of carbonyl (C=O) groups is 1. The number of carbonyl (C=O) groups excluding carboxylic acids is 1. The molecule has 0 bridgehead atoms. The van der Waals surface area contributed by atoms with E-state index in [1.165, 1.54) is 0 Å². The minimum atomic E-state index is -0.121. The van der Waals surface area contributed by atoms with Gasteiger partial charge >= 0.3 is 0 Å². The first-order valence-electron chi connectivity index (χ1n) is 5.72. The quantitative estimate of drug-likeness (QED) is 0.647. The zero-order valence-electron chi connectivity index (χ0n) is 9.34. The lowest BCUT2D eigenvalue weighted by Gasteiger charge is -2.14.